The summed E-state index contributed by atoms with van der Waals surface area (Å²) in [5, 5.41) is 0. The van der Waals surface area contributed by atoms with Crippen LogP contribution in [0.15, 0.2) is 12.2 Å². The van der Waals surface area contributed by atoms with Gasteiger partial charge in [-0.3, -0.25) is 0 Å². The van der Waals surface area contributed by atoms with Crippen molar-refractivity contribution in [2.45, 2.75) is 96.8 Å². The summed E-state index contributed by atoms with van der Waals surface area (Å²) in [5.74, 6) is 0. The van der Waals surface area contributed by atoms with E-state index in [-0.39, 0.29) is 4.75 Å². The average Bonchev–Trinajstić information content (AvgIpc) is 2.31. The minimum Gasteiger partial charge on any atom is -0.242 e. The second-order valence-corrected chi connectivity index (χ2v) is 8.91. The Labute approximate surface area is 129 Å². The van der Waals surface area contributed by atoms with E-state index in [1.807, 2.05) is 20.8 Å². The third-order valence-corrected chi connectivity index (χ3v) is 4.99. The van der Waals surface area contributed by atoms with Crippen LogP contribution in [0.3, 0.4) is 0 Å². The largest absolute Gasteiger partial charge is 0.242 e. The van der Waals surface area contributed by atoms with Gasteiger partial charge >= 0.3 is 0 Å². The average molecular weight is 302 g/mol. The Hall–Kier alpha value is -0.150. The summed E-state index contributed by atoms with van der Waals surface area (Å²) in [5.41, 5.74) is 1.17. The molecule has 3 heteroatoms. The Morgan fingerprint density at radius 1 is 1.15 bits per heavy atom. The molecule has 0 spiro atoms. The predicted molar refractivity (Wildman–Crippen MR) is 92.2 cm³/mol. The zero-order valence-electron chi connectivity index (χ0n) is 14.3. The van der Waals surface area contributed by atoms with Crippen molar-refractivity contribution in [2.75, 3.05) is 0 Å². The predicted octanol–water partition coefficient (Wildman–Crippen LogP) is 5.12. The first-order chi connectivity index (χ1) is 9.27. The van der Waals surface area contributed by atoms with Crippen LogP contribution in [0.4, 0.5) is 0 Å². The van der Waals surface area contributed by atoms with Gasteiger partial charge in [0, 0.05) is 6.04 Å². The fraction of sp³-hybridized carbons (Fsp3) is 0.882. The van der Waals surface area contributed by atoms with Gasteiger partial charge in [-0.2, -0.15) is 0 Å². The van der Waals surface area contributed by atoms with Gasteiger partial charge in [0.25, 0.3) is 0 Å². The normalized spacial score (nSPS) is 15.1. The van der Waals surface area contributed by atoms with Gasteiger partial charge in [-0.15, -0.1) is 6.58 Å². The molecule has 0 amide bonds. The molecule has 0 aliphatic carbocycles. The van der Waals surface area contributed by atoms with Crippen molar-refractivity contribution >= 4 is 11.0 Å². The number of nitrogens with one attached hydrogen (secondary N) is 1. The molecule has 1 unspecified atom stereocenters. The topological polar surface area (TPSA) is 29.1 Å². The minimum absolute atomic E-state index is 0.200. The standard InChI is InChI=1S/C17H35NOS/c1-7-8-9-10-11-12-13-16(14-15(2)3)18-20(19)17(4,5)6/h16,18H,2,7-14H2,1,3-6H3/t16-,20?/m1/s1. The molecular weight excluding hydrogens is 266 g/mol. The van der Waals surface area contributed by atoms with Crippen molar-refractivity contribution in [1.82, 2.24) is 4.72 Å². The highest BCUT2D eigenvalue weighted by Gasteiger charge is 2.22. The zero-order valence-corrected chi connectivity index (χ0v) is 15.1. The molecule has 0 aromatic heterocycles. The molecule has 0 aromatic rings. The van der Waals surface area contributed by atoms with Crippen LogP contribution in [0.2, 0.25) is 0 Å². The third-order valence-electron chi connectivity index (χ3n) is 3.33. The summed E-state index contributed by atoms with van der Waals surface area (Å²) in [7, 11) is -0.985. The minimum atomic E-state index is -0.985. The second kappa shape index (κ2) is 10.6. The molecule has 0 fully saturated rings. The van der Waals surface area contributed by atoms with E-state index in [1.54, 1.807) is 0 Å². The van der Waals surface area contributed by atoms with Gasteiger partial charge in [-0.05, 0) is 40.5 Å². The SMILES string of the molecule is C=C(C)C[C@@H](CCCCCCCC)NS(=O)C(C)(C)C. The molecule has 0 saturated carbocycles. The third kappa shape index (κ3) is 10.6. The summed E-state index contributed by atoms with van der Waals surface area (Å²) in [6, 6.07) is 0.304. The van der Waals surface area contributed by atoms with Crippen LogP contribution in [0.1, 0.15) is 86.0 Å². The van der Waals surface area contributed by atoms with Crippen molar-refractivity contribution in [3.05, 3.63) is 12.2 Å². The van der Waals surface area contributed by atoms with Crippen LogP contribution in [0.5, 0.6) is 0 Å². The lowest BCUT2D eigenvalue weighted by atomic mass is 10.0. The lowest BCUT2D eigenvalue weighted by Crippen LogP contribution is -2.39. The van der Waals surface area contributed by atoms with Gasteiger partial charge in [0.05, 0.1) is 15.7 Å². The van der Waals surface area contributed by atoms with Crippen molar-refractivity contribution in [2.24, 2.45) is 0 Å². The van der Waals surface area contributed by atoms with Crippen LogP contribution in [-0.2, 0) is 11.0 Å². The Kier molecular flexibility index (Phi) is 10.5. The monoisotopic (exact) mass is 301 g/mol. The molecule has 120 valence electrons. The highest BCUT2D eigenvalue weighted by molar-refractivity contribution is 7.84. The van der Waals surface area contributed by atoms with Gasteiger partial charge in [0.2, 0.25) is 0 Å². The number of hydrogen-bond donors (Lipinski definition) is 1. The van der Waals surface area contributed by atoms with Crippen LogP contribution in [-0.4, -0.2) is 15.0 Å². The maximum Gasteiger partial charge on any atom is 0.0972 e. The first kappa shape index (κ1) is 19.9. The molecule has 0 saturated heterocycles. The summed E-state index contributed by atoms with van der Waals surface area (Å²) in [6.45, 7) is 14.3. The van der Waals surface area contributed by atoms with Gasteiger partial charge < -0.3 is 0 Å². The second-order valence-electron chi connectivity index (χ2n) is 6.91. The molecule has 20 heavy (non-hydrogen) atoms. The van der Waals surface area contributed by atoms with E-state index in [0.717, 1.165) is 12.8 Å². The van der Waals surface area contributed by atoms with Crippen molar-refractivity contribution in [3.63, 3.8) is 0 Å². The molecule has 0 aliphatic rings. The van der Waals surface area contributed by atoms with Gasteiger partial charge in [0.15, 0.2) is 0 Å². The molecule has 0 aliphatic heterocycles. The zero-order chi connectivity index (χ0) is 15.6. The Balaban J connectivity index is 4.09. The number of unbranched alkanes of at least 4 members (excludes halogenated alkanes) is 5. The fourth-order valence-corrected chi connectivity index (χ4v) is 2.98. The van der Waals surface area contributed by atoms with Crippen LogP contribution in [0.25, 0.3) is 0 Å². The lowest BCUT2D eigenvalue weighted by molar-refractivity contribution is 0.502. The molecule has 1 N–H and O–H groups in total. The highest BCUT2D eigenvalue weighted by Crippen LogP contribution is 2.16. The molecule has 2 nitrogen and oxygen atoms in total. The molecule has 0 heterocycles. The quantitative estimate of drug-likeness (QED) is 0.416. The summed E-state index contributed by atoms with van der Waals surface area (Å²) in [6.07, 6.45) is 9.86. The summed E-state index contributed by atoms with van der Waals surface area (Å²) >= 11 is 0. The molecule has 0 bridgehead atoms. The molecular formula is C17H35NOS. The van der Waals surface area contributed by atoms with E-state index >= 15 is 0 Å². The lowest BCUT2D eigenvalue weighted by Gasteiger charge is -2.24. The molecule has 0 aromatic carbocycles. The molecule has 0 rings (SSSR count). The van der Waals surface area contributed by atoms with E-state index < -0.39 is 11.0 Å². The first-order valence-corrected chi connectivity index (χ1v) is 9.24. The first-order valence-electron chi connectivity index (χ1n) is 8.09. The maximum absolute atomic E-state index is 12.2. The fourth-order valence-electron chi connectivity index (χ4n) is 2.12. The Bertz CT molecular complexity index is 294. The number of rotatable bonds is 11. The van der Waals surface area contributed by atoms with Gasteiger partial charge in [-0.1, -0.05) is 51.0 Å². The summed E-state index contributed by atoms with van der Waals surface area (Å²) < 4.78 is 15.3. The molecule has 0 radical (unpaired) electrons. The number of hydrogen-bond acceptors (Lipinski definition) is 1. The smallest absolute Gasteiger partial charge is 0.0972 e. The van der Waals surface area contributed by atoms with Gasteiger partial charge in [0.1, 0.15) is 0 Å². The van der Waals surface area contributed by atoms with Crippen LogP contribution >= 0.6 is 0 Å². The van der Waals surface area contributed by atoms with E-state index in [2.05, 4.69) is 25.1 Å². The Morgan fingerprint density at radius 2 is 1.70 bits per heavy atom. The van der Waals surface area contributed by atoms with E-state index in [1.165, 1.54) is 44.1 Å². The van der Waals surface area contributed by atoms with Gasteiger partial charge in [-0.25, -0.2) is 8.93 Å². The maximum atomic E-state index is 12.2. The van der Waals surface area contributed by atoms with Crippen molar-refractivity contribution in [1.29, 1.82) is 0 Å². The van der Waals surface area contributed by atoms with E-state index in [0.29, 0.717) is 6.04 Å². The Morgan fingerprint density at radius 3 is 2.20 bits per heavy atom. The van der Waals surface area contributed by atoms with Crippen LogP contribution < -0.4 is 4.72 Å². The summed E-state index contributed by atoms with van der Waals surface area (Å²) in [4.78, 5) is 0. The van der Waals surface area contributed by atoms with Crippen molar-refractivity contribution in [3.8, 4) is 0 Å². The molecule has 2 atom stereocenters. The van der Waals surface area contributed by atoms with Crippen molar-refractivity contribution < 1.29 is 4.21 Å². The van der Waals surface area contributed by atoms with E-state index in [9.17, 15) is 4.21 Å². The van der Waals surface area contributed by atoms with E-state index in [4.69, 9.17) is 0 Å². The highest BCUT2D eigenvalue weighted by atomic mass is 32.2. The van der Waals surface area contributed by atoms with Crippen LogP contribution in [0, 0.1) is 0 Å².